The van der Waals surface area contributed by atoms with Crippen molar-refractivity contribution in [1.82, 2.24) is 19.6 Å². The molecule has 1 saturated carbocycles. The average Bonchev–Trinajstić information content (AvgIpc) is 3.26. The van der Waals surface area contributed by atoms with Crippen molar-refractivity contribution in [3.63, 3.8) is 0 Å². The van der Waals surface area contributed by atoms with Gasteiger partial charge in [0.25, 0.3) is 0 Å². The predicted octanol–water partition coefficient (Wildman–Crippen LogP) is 2.30. The Labute approximate surface area is 161 Å². The van der Waals surface area contributed by atoms with Crippen molar-refractivity contribution < 1.29 is 10.2 Å². The smallest absolute Gasteiger partial charge is 0.157 e. The van der Waals surface area contributed by atoms with Crippen LogP contribution in [0.5, 0.6) is 0 Å². The van der Waals surface area contributed by atoms with Gasteiger partial charge in [-0.25, -0.2) is 4.98 Å². The number of aliphatic hydroxyl groups excluding tert-OH is 2. The molecular weight excluding hydrogens is 354 g/mol. The first-order valence-corrected chi connectivity index (χ1v) is 9.26. The van der Waals surface area contributed by atoms with E-state index in [1.807, 2.05) is 36.5 Å². The lowest BCUT2D eigenvalue weighted by Crippen LogP contribution is -2.35. The van der Waals surface area contributed by atoms with Gasteiger partial charge in [0.2, 0.25) is 0 Å². The lowest BCUT2D eigenvalue weighted by molar-refractivity contribution is 0.0256. The number of hydrogen-bond donors (Lipinski definition) is 3. The average molecular weight is 374 g/mol. The molecule has 1 fully saturated rings. The summed E-state index contributed by atoms with van der Waals surface area (Å²) in [6, 6.07) is 13.4. The molecule has 3 heterocycles. The number of fused-ring (bicyclic) bond motifs is 2. The summed E-state index contributed by atoms with van der Waals surface area (Å²) in [7, 11) is 0. The van der Waals surface area contributed by atoms with Crippen molar-refractivity contribution in [2.24, 2.45) is 5.92 Å². The molecule has 0 amide bonds. The fourth-order valence-corrected chi connectivity index (χ4v) is 3.81. The second-order valence-corrected chi connectivity index (χ2v) is 7.27. The third kappa shape index (κ3) is 2.80. The van der Waals surface area contributed by atoms with Gasteiger partial charge in [0, 0.05) is 29.4 Å². The fraction of sp³-hybridized carbons (Fsp3) is 0.238. The quantitative estimate of drug-likeness (QED) is 0.509. The zero-order chi connectivity index (χ0) is 19.3. The highest BCUT2D eigenvalue weighted by molar-refractivity contribution is 5.83. The fourth-order valence-electron chi connectivity index (χ4n) is 3.81. The lowest BCUT2D eigenvalue weighted by atomic mass is 10.1. The molecule has 3 N–H and O–H groups in total. The number of para-hydroxylation sites is 1. The first-order chi connectivity index (χ1) is 13.6. The number of aromatic nitrogens is 4. The molecule has 7 heteroatoms. The van der Waals surface area contributed by atoms with E-state index >= 15 is 0 Å². The maximum Gasteiger partial charge on any atom is 0.157 e. The monoisotopic (exact) mass is 374 g/mol. The molecule has 141 valence electrons. The minimum atomic E-state index is -0.870. The Morgan fingerprint density at radius 2 is 1.93 bits per heavy atom. The van der Waals surface area contributed by atoms with Crippen LogP contribution in [0.4, 0.5) is 5.82 Å². The highest BCUT2D eigenvalue weighted by Gasteiger charge is 2.39. The Morgan fingerprint density at radius 1 is 1.07 bits per heavy atom. The Balaban J connectivity index is 1.52. The second kappa shape index (κ2) is 6.54. The molecule has 4 atom stereocenters. The number of pyridine rings is 1. The Kier molecular flexibility index (Phi) is 3.99. The lowest BCUT2D eigenvalue weighted by Gasteiger charge is -2.19. The van der Waals surface area contributed by atoms with Crippen molar-refractivity contribution in [2.45, 2.75) is 24.7 Å². The van der Waals surface area contributed by atoms with Gasteiger partial charge < -0.3 is 15.5 Å². The van der Waals surface area contributed by atoms with Crippen LogP contribution >= 0.6 is 0 Å². The first-order valence-electron chi connectivity index (χ1n) is 9.26. The van der Waals surface area contributed by atoms with Crippen LogP contribution in [0.15, 0.2) is 54.9 Å². The van der Waals surface area contributed by atoms with E-state index in [0.717, 1.165) is 22.2 Å². The number of rotatable bonds is 3. The standard InChI is InChI=1S/C21H20N5O2/c1-12-8-17(21(28)20(12)27)24-18-6-7-22-19-10-16(25-26(18)19)14-9-13-4-2-3-5-15(13)23-11-14/h2-7,9-12,17,20-21,24,27-28H,1,8H2/t12-,17-,20-,21+/m1/s1. The van der Waals surface area contributed by atoms with Crippen LogP contribution in [-0.4, -0.2) is 48.0 Å². The Morgan fingerprint density at radius 3 is 2.75 bits per heavy atom. The summed E-state index contributed by atoms with van der Waals surface area (Å²) in [5, 5.41) is 29.2. The third-order valence-corrected chi connectivity index (χ3v) is 5.38. The molecule has 0 bridgehead atoms. The van der Waals surface area contributed by atoms with Crippen LogP contribution in [-0.2, 0) is 0 Å². The molecule has 3 aromatic heterocycles. The minimum absolute atomic E-state index is 0.207. The van der Waals surface area contributed by atoms with Crippen molar-refractivity contribution in [3.05, 3.63) is 61.8 Å². The maximum absolute atomic E-state index is 10.2. The van der Waals surface area contributed by atoms with Gasteiger partial charge in [0.1, 0.15) is 11.9 Å². The van der Waals surface area contributed by atoms with Gasteiger partial charge in [-0.2, -0.15) is 9.61 Å². The van der Waals surface area contributed by atoms with E-state index < -0.39 is 12.2 Å². The number of aliphatic hydroxyl groups is 2. The summed E-state index contributed by atoms with van der Waals surface area (Å²) in [6.45, 7) is 3.90. The summed E-state index contributed by atoms with van der Waals surface area (Å²) >= 11 is 0. The molecule has 0 aliphatic heterocycles. The number of nitrogens with one attached hydrogen (secondary N) is 1. The Hall–Kier alpha value is -3.03. The molecule has 5 rings (SSSR count). The van der Waals surface area contributed by atoms with E-state index in [9.17, 15) is 10.2 Å². The van der Waals surface area contributed by atoms with Crippen molar-refractivity contribution in [3.8, 4) is 11.3 Å². The number of anilines is 1. The van der Waals surface area contributed by atoms with Gasteiger partial charge >= 0.3 is 0 Å². The van der Waals surface area contributed by atoms with Crippen molar-refractivity contribution in [1.29, 1.82) is 0 Å². The van der Waals surface area contributed by atoms with E-state index in [2.05, 4.69) is 33.4 Å². The molecule has 4 aromatic rings. The van der Waals surface area contributed by atoms with Gasteiger partial charge in [-0.05, 0) is 37.5 Å². The van der Waals surface area contributed by atoms with E-state index in [0.29, 0.717) is 17.9 Å². The van der Waals surface area contributed by atoms with Gasteiger partial charge in [-0.1, -0.05) is 18.2 Å². The van der Waals surface area contributed by atoms with Crippen LogP contribution < -0.4 is 5.32 Å². The molecule has 1 radical (unpaired) electrons. The number of hydrogen-bond acceptors (Lipinski definition) is 6. The molecule has 1 aliphatic carbocycles. The summed E-state index contributed by atoms with van der Waals surface area (Å²) in [5.41, 5.74) is 3.30. The maximum atomic E-state index is 10.2. The molecule has 7 nitrogen and oxygen atoms in total. The minimum Gasteiger partial charge on any atom is -0.390 e. The predicted molar refractivity (Wildman–Crippen MR) is 107 cm³/mol. The summed E-state index contributed by atoms with van der Waals surface area (Å²) in [5.74, 6) is 0.497. The number of benzene rings is 1. The Bertz CT molecular complexity index is 1160. The summed E-state index contributed by atoms with van der Waals surface area (Å²) in [4.78, 5) is 8.90. The molecule has 28 heavy (non-hydrogen) atoms. The number of nitrogens with zero attached hydrogens (tertiary/aromatic N) is 4. The van der Waals surface area contributed by atoms with Gasteiger partial charge in [0.15, 0.2) is 5.65 Å². The summed E-state index contributed by atoms with van der Waals surface area (Å²) < 4.78 is 1.71. The van der Waals surface area contributed by atoms with Gasteiger partial charge in [-0.15, -0.1) is 0 Å². The van der Waals surface area contributed by atoms with Crippen LogP contribution in [0.3, 0.4) is 0 Å². The molecule has 1 aromatic carbocycles. The van der Waals surface area contributed by atoms with E-state index in [-0.39, 0.29) is 12.0 Å². The van der Waals surface area contributed by atoms with Crippen molar-refractivity contribution >= 4 is 22.4 Å². The molecule has 0 spiro atoms. The van der Waals surface area contributed by atoms with E-state index in [1.165, 1.54) is 0 Å². The van der Waals surface area contributed by atoms with Crippen LogP contribution in [0, 0.1) is 12.8 Å². The van der Waals surface area contributed by atoms with E-state index in [4.69, 9.17) is 0 Å². The van der Waals surface area contributed by atoms with Crippen molar-refractivity contribution in [2.75, 3.05) is 5.32 Å². The second-order valence-electron chi connectivity index (χ2n) is 7.27. The van der Waals surface area contributed by atoms with Gasteiger partial charge in [0.05, 0.1) is 23.4 Å². The van der Waals surface area contributed by atoms with Crippen LogP contribution in [0.2, 0.25) is 0 Å². The molecular formula is C21H20N5O2. The molecule has 0 unspecified atom stereocenters. The SMILES string of the molecule is [CH2][C@@H]1C[C@@H](Nc2ccnc3cc(-c4cnc5ccccc5c4)nn23)[C@H](O)[C@@H]1O. The van der Waals surface area contributed by atoms with Crippen LogP contribution in [0.25, 0.3) is 27.8 Å². The first kappa shape index (κ1) is 17.1. The zero-order valence-electron chi connectivity index (χ0n) is 15.1. The highest BCUT2D eigenvalue weighted by atomic mass is 16.3. The third-order valence-electron chi connectivity index (χ3n) is 5.38. The molecule has 1 aliphatic rings. The zero-order valence-corrected chi connectivity index (χ0v) is 15.1. The molecule has 0 saturated heterocycles. The summed E-state index contributed by atoms with van der Waals surface area (Å²) in [6.07, 6.45) is 2.38. The van der Waals surface area contributed by atoms with Gasteiger partial charge in [-0.3, -0.25) is 4.98 Å². The van der Waals surface area contributed by atoms with E-state index in [1.54, 1.807) is 16.8 Å². The largest absolute Gasteiger partial charge is 0.390 e. The normalized spacial score (nSPS) is 24.8. The topological polar surface area (TPSA) is 95.6 Å². The van der Waals surface area contributed by atoms with Crippen LogP contribution in [0.1, 0.15) is 6.42 Å². The highest BCUT2D eigenvalue weighted by Crippen LogP contribution is 2.29.